The quantitative estimate of drug-likeness (QED) is 0.502. The smallest absolute Gasteiger partial charge is 0.343 e. The highest BCUT2D eigenvalue weighted by Crippen LogP contribution is 2.36. The van der Waals surface area contributed by atoms with Crippen molar-refractivity contribution in [3.05, 3.63) is 99.5 Å². The van der Waals surface area contributed by atoms with Gasteiger partial charge in [-0.2, -0.15) is 0 Å². The van der Waals surface area contributed by atoms with Crippen molar-refractivity contribution < 1.29 is 19.0 Å². The van der Waals surface area contributed by atoms with E-state index in [1.807, 2.05) is 53.1 Å². The zero-order valence-corrected chi connectivity index (χ0v) is 19.2. The molecular weight excluding hydrogens is 432 g/mol. The first kappa shape index (κ1) is 22.4. The molecule has 2 atom stereocenters. The van der Waals surface area contributed by atoms with E-state index in [4.69, 9.17) is 14.2 Å². The number of carbonyl (C=O) groups excluding carboxylic acids is 1. The van der Waals surface area contributed by atoms with Gasteiger partial charge in [-0.15, -0.1) is 0 Å². The summed E-state index contributed by atoms with van der Waals surface area (Å²) in [5.41, 5.74) is 2.41. The molecule has 0 aliphatic carbocycles. The Balaban J connectivity index is 1.61. The minimum absolute atomic E-state index is 0.0156. The number of aromatic nitrogens is 1. The number of hydrogen-bond donors (Lipinski definition) is 0. The zero-order valence-electron chi connectivity index (χ0n) is 19.2. The molecule has 0 amide bonds. The van der Waals surface area contributed by atoms with Gasteiger partial charge in [0.2, 0.25) is 5.43 Å². The molecule has 0 spiro atoms. The SMILES string of the molecule is CCOC(=O)c1cn2c(c(OCc3ccccc3)c1=O)CN1CCOC1[C@@H]2Cc1ccccc1. The first-order valence-corrected chi connectivity index (χ1v) is 11.7. The highest BCUT2D eigenvalue weighted by atomic mass is 16.5. The van der Waals surface area contributed by atoms with Crippen LogP contribution in [-0.4, -0.2) is 41.4 Å². The summed E-state index contributed by atoms with van der Waals surface area (Å²) in [5, 5.41) is 0. The second kappa shape index (κ2) is 9.83. The standard InChI is InChI=1S/C27H28N2O5/c1-2-32-27(31)21-16-29-22(15-19-9-5-3-6-10-19)26-28(13-14-33-26)17-23(29)25(24(21)30)34-18-20-11-7-4-8-12-20/h3-12,16,22,26H,2,13-15,17-18H2,1H3/t22-,26?/m0/s1. The fourth-order valence-corrected chi connectivity index (χ4v) is 4.76. The molecule has 1 unspecified atom stereocenters. The molecule has 176 valence electrons. The number of ether oxygens (including phenoxy) is 3. The number of carbonyl (C=O) groups is 1. The molecule has 0 saturated carbocycles. The van der Waals surface area contributed by atoms with Crippen LogP contribution in [0.25, 0.3) is 0 Å². The first-order chi connectivity index (χ1) is 16.7. The maximum Gasteiger partial charge on any atom is 0.343 e. The van der Waals surface area contributed by atoms with Crippen molar-refractivity contribution in [2.24, 2.45) is 0 Å². The van der Waals surface area contributed by atoms with Crippen LogP contribution >= 0.6 is 0 Å². The minimum Gasteiger partial charge on any atom is -0.483 e. The molecule has 2 aliphatic heterocycles. The van der Waals surface area contributed by atoms with Gasteiger partial charge in [-0.3, -0.25) is 9.69 Å². The highest BCUT2D eigenvalue weighted by Gasteiger charge is 2.41. The number of rotatable bonds is 7. The van der Waals surface area contributed by atoms with E-state index < -0.39 is 11.4 Å². The Morgan fingerprint density at radius 3 is 2.47 bits per heavy atom. The van der Waals surface area contributed by atoms with Gasteiger partial charge < -0.3 is 18.8 Å². The second-order valence-electron chi connectivity index (χ2n) is 8.54. The second-order valence-corrected chi connectivity index (χ2v) is 8.54. The average Bonchev–Trinajstić information content (AvgIpc) is 3.33. The fraction of sp³-hybridized carbons (Fsp3) is 0.333. The lowest BCUT2D eigenvalue weighted by Crippen LogP contribution is -2.45. The molecule has 0 N–H and O–H groups in total. The molecule has 7 nitrogen and oxygen atoms in total. The predicted octanol–water partition coefficient (Wildman–Crippen LogP) is 3.56. The summed E-state index contributed by atoms with van der Waals surface area (Å²) < 4.78 is 19.5. The van der Waals surface area contributed by atoms with Crippen molar-refractivity contribution in [1.82, 2.24) is 9.47 Å². The number of benzene rings is 2. The lowest BCUT2D eigenvalue weighted by atomic mass is 10.00. The van der Waals surface area contributed by atoms with E-state index in [1.165, 1.54) is 0 Å². The molecule has 34 heavy (non-hydrogen) atoms. The van der Waals surface area contributed by atoms with Crippen molar-refractivity contribution in [2.45, 2.75) is 38.8 Å². The molecule has 5 rings (SSSR count). The lowest BCUT2D eigenvalue weighted by Gasteiger charge is -2.39. The van der Waals surface area contributed by atoms with Gasteiger partial charge in [0.25, 0.3) is 0 Å². The predicted molar refractivity (Wildman–Crippen MR) is 127 cm³/mol. The van der Waals surface area contributed by atoms with Crippen LogP contribution in [0.1, 0.15) is 40.1 Å². The lowest BCUT2D eigenvalue weighted by molar-refractivity contribution is -0.0297. The number of hydrogen-bond acceptors (Lipinski definition) is 6. The van der Waals surface area contributed by atoms with Gasteiger partial charge in [0, 0.05) is 19.3 Å². The summed E-state index contributed by atoms with van der Waals surface area (Å²) in [7, 11) is 0. The van der Waals surface area contributed by atoms with Gasteiger partial charge in [-0.25, -0.2) is 4.79 Å². The van der Waals surface area contributed by atoms with E-state index >= 15 is 0 Å². The monoisotopic (exact) mass is 460 g/mol. The van der Waals surface area contributed by atoms with Crippen LogP contribution in [0.3, 0.4) is 0 Å². The largest absolute Gasteiger partial charge is 0.483 e. The molecule has 0 bridgehead atoms. The van der Waals surface area contributed by atoms with Crippen LogP contribution < -0.4 is 10.2 Å². The van der Waals surface area contributed by atoms with Crippen molar-refractivity contribution in [2.75, 3.05) is 19.8 Å². The summed E-state index contributed by atoms with van der Waals surface area (Å²) in [6.07, 6.45) is 2.18. The van der Waals surface area contributed by atoms with Gasteiger partial charge in [0.05, 0.1) is 24.9 Å². The van der Waals surface area contributed by atoms with Crippen LogP contribution in [-0.2, 0) is 29.0 Å². The summed E-state index contributed by atoms with van der Waals surface area (Å²) in [5.74, 6) is -0.432. The molecule has 1 fully saturated rings. The first-order valence-electron chi connectivity index (χ1n) is 11.7. The molecule has 3 heterocycles. The van der Waals surface area contributed by atoms with Crippen molar-refractivity contribution in [3.63, 3.8) is 0 Å². The van der Waals surface area contributed by atoms with Gasteiger partial charge in [0.1, 0.15) is 18.4 Å². The Bertz CT molecular complexity index is 1210. The van der Waals surface area contributed by atoms with E-state index in [1.54, 1.807) is 13.1 Å². The minimum atomic E-state index is -0.638. The van der Waals surface area contributed by atoms with E-state index in [2.05, 4.69) is 17.0 Å². The summed E-state index contributed by atoms with van der Waals surface area (Å²) in [6, 6.07) is 19.7. The Morgan fingerprint density at radius 2 is 1.76 bits per heavy atom. The van der Waals surface area contributed by atoms with Crippen LogP contribution in [0.4, 0.5) is 0 Å². The molecule has 0 radical (unpaired) electrons. The van der Waals surface area contributed by atoms with Gasteiger partial charge >= 0.3 is 5.97 Å². The van der Waals surface area contributed by atoms with Crippen molar-refractivity contribution >= 4 is 5.97 Å². The maximum atomic E-state index is 13.4. The van der Waals surface area contributed by atoms with Crippen LogP contribution in [0, 0.1) is 0 Å². The normalized spacial score (nSPS) is 19.3. The average molecular weight is 461 g/mol. The molecular formula is C27H28N2O5. The molecule has 2 aromatic carbocycles. The number of pyridine rings is 1. The third-order valence-corrected chi connectivity index (χ3v) is 6.37. The fourth-order valence-electron chi connectivity index (χ4n) is 4.76. The van der Waals surface area contributed by atoms with Crippen molar-refractivity contribution in [1.29, 1.82) is 0 Å². The Hall–Kier alpha value is -3.42. The van der Waals surface area contributed by atoms with Gasteiger partial charge in [0.15, 0.2) is 5.75 Å². The van der Waals surface area contributed by atoms with E-state index in [0.717, 1.165) is 23.4 Å². The summed E-state index contributed by atoms with van der Waals surface area (Å²) >= 11 is 0. The number of fused-ring (bicyclic) bond motifs is 2. The molecule has 3 aromatic rings. The van der Waals surface area contributed by atoms with Crippen LogP contribution in [0.2, 0.25) is 0 Å². The third-order valence-electron chi connectivity index (χ3n) is 6.37. The van der Waals surface area contributed by atoms with E-state index in [9.17, 15) is 9.59 Å². The third kappa shape index (κ3) is 4.36. The Kier molecular flexibility index (Phi) is 6.47. The summed E-state index contributed by atoms with van der Waals surface area (Å²) in [4.78, 5) is 28.4. The molecule has 1 saturated heterocycles. The molecule has 7 heteroatoms. The Morgan fingerprint density at radius 1 is 1.06 bits per heavy atom. The summed E-state index contributed by atoms with van der Waals surface area (Å²) in [6.45, 7) is 4.06. The van der Waals surface area contributed by atoms with Gasteiger partial charge in [-0.1, -0.05) is 60.7 Å². The molecule has 1 aromatic heterocycles. The maximum absolute atomic E-state index is 13.4. The molecule has 2 aliphatic rings. The highest BCUT2D eigenvalue weighted by molar-refractivity contribution is 5.89. The van der Waals surface area contributed by atoms with Crippen molar-refractivity contribution in [3.8, 4) is 5.75 Å². The van der Waals surface area contributed by atoms with Crippen LogP contribution in [0.15, 0.2) is 71.7 Å². The topological polar surface area (TPSA) is 70.0 Å². The Labute approximate surface area is 198 Å². The number of nitrogens with zero attached hydrogens (tertiary/aromatic N) is 2. The zero-order chi connectivity index (χ0) is 23.5. The van der Waals surface area contributed by atoms with Gasteiger partial charge in [-0.05, 0) is 24.5 Å². The van der Waals surface area contributed by atoms with Crippen LogP contribution in [0.5, 0.6) is 5.75 Å². The van der Waals surface area contributed by atoms with E-state index in [0.29, 0.717) is 19.6 Å². The van der Waals surface area contributed by atoms with E-state index in [-0.39, 0.29) is 36.8 Å². The number of esters is 1.